The Morgan fingerprint density at radius 2 is 1.70 bits per heavy atom. The van der Waals surface area contributed by atoms with E-state index in [-0.39, 0.29) is 6.54 Å². The number of hydrogen-bond acceptors (Lipinski definition) is 3. The molecule has 2 aromatic carbocycles. The van der Waals surface area contributed by atoms with Gasteiger partial charge in [0.25, 0.3) is 0 Å². The van der Waals surface area contributed by atoms with Gasteiger partial charge in [0.05, 0.1) is 18.8 Å². The normalized spacial score (nSPS) is 15.8. The van der Waals surface area contributed by atoms with Crippen LogP contribution in [0.5, 0.6) is 0 Å². The topological polar surface area (TPSA) is 48.9 Å². The smallest absolute Gasteiger partial charge is 0.379 e. The van der Waals surface area contributed by atoms with Gasteiger partial charge in [0.2, 0.25) is 0 Å². The van der Waals surface area contributed by atoms with Crippen LogP contribution in [0, 0.1) is 0 Å². The lowest BCUT2D eigenvalue weighted by atomic mass is 10.1. The minimum Gasteiger partial charge on any atom is -0.379 e. The molecule has 0 amide bonds. The van der Waals surface area contributed by atoms with Gasteiger partial charge in [-0.25, -0.2) is 0 Å². The summed E-state index contributed by atoms with van der Waals surface area (Å²) in [6.07, 6.45) is -4.35. The number of nitrogens with one attached hydrogen (secondary N) is 2. The van der Waals surface area contributed by atoms with E-state index < -0.39 is 11.7 Å². The summed E-state index contributed by atoms with van der Waals surface area (Å²) < 4.78 is 44.1. The molecule has 2 aromatic rings. The highest BCUT2D eigenvalue weighted by Gasteiger charge is 2.30. The fraction of sp³-hybridized carbons (Fsp3) is 0.409. The summed E-state index contributed by atoms with van der Waals surface area (Å²) in [6, 6.07) is 13.5. The number of aliphatic imine (C=N–C) groups is 1. The van der Waals surface area contributed by atoms with Crippen LogP contribution in [0.2, 0.25) is 0 Å². The zero-order valence-electron chi connectivity index (χ0n) is 17.0. The summed E-state index contributed by atoms with van der Waals surface area (Å²) in [6.45, 7) is 5.03. The maximum atomic E-state index is 12.9. The quantitative estimate of drug-likeness (QED) is 0.556. The molecule has 1 aliphatic heterocycles. The zero-order valence-corrected chi connectivity index (χ0v) is 17.0. The predicted molar refractivity (Wildman–Crippen MR) is 111 cm³/mol. The van der Waals surface area contributed by atoms with E-state index in [4.69, 9.17) is 4.74 Å². The zero-order chi connectivity index (χ0) is 21.4. The molecule has 5 nitrogen and oxygen atoms in total. The van der Waals surface area contributed by atoms with Crippen molar-refractivity contribution < 1.29 is 17.9 Å². The van der Waals surface area contributed by atoms with Crippen molar-refractivity contribution >= 4 is 5.96 Å². The Balaban J connectivity index is 1.56. The van der Waals surface area contributed by atoms with Crippen LogP contribution in [0.25, 0.3) is 0 Å². The average molecular weight is 420 g/mol. The van der Waals surface area contributed by atoms with E-state index >= 15 is 0 Å². The van der Waals surface area contributed by atoms with Crippen molar-refractivity contribution in [3.63, 3.8) is 0 Å². The lowest BCUT2D eigenvalue weighted by Gasteiger charge is -2.27. The number of halogens is 3. The molecule has 3 rings (SSSR count). The Morgan fingerprint density at radius 1 is 1.00 bits per heavy atom. The number of morpholine rings is 1. The van der Waals surface area contributed by atoms with Gasteiger partial charge < -0.3 is 15.4 Å². The van der Waals surface area contributed by atoms with Crippen LogP contribution in [0.15, 0.2) is 53.5 Å². The number of nitrogens with zero attached hydrogens (tertiary/aromatic N) is 2. The summed E-state index contributed by atoms with van der Waals surface area (Å²) in [5, 5.41) is 6.33. The highest BCUT2D eigenvalue weighted by molar-refractivity contribution is 5.79. The van der Waals surface area contributed by atoms with E-state index in [1.54, 1.807) is 13.1 Å². The second kappa shape index (κ2) is 10.4. The molecule has 2 N–H and O–H groups in total. The molecule has 1 saturated heterocycles. The van der Waals surface area contributed by atoms with Gasteiger partial charge in [0.1, 0.15) is 0 Å². The average Bonchev–Trinajstić information content (AvgIpc) is 2.75. The van der Waals surface area contributed by atoms with Crippen molar-refractivity contribution in [3.8, 4) is 0 Å². The van der Waals surface area contributed by atoms with Crippen LogP contribution in [0.3, 0.4) is 0 Å². The molecule has 0 atom stereocenters. The van der Waals surface area contributed by atoms with E-state index in [1.807, 2.05) is 12.1 Å². The van der Waals surface area contributed by atoms with Crippen LogP contribution < -0.4 is 10.6 Å². The summed E-state index contributed by atoms with van der Waals surface area (Å²) >= 11 is 0. The van der Waals surface area contributed by atoms with Gasteiger partial charge in [-0.15, -0.1) is 0 Å². The summed E-state index contributed by atoms with van der Waals surface area (Å²) in [5.41, 5.74) is 2.29. The number of benzene rings is 2. The molecular formula is C22H27F3N4O. The monoisotopic (exact) mass is 420 g/mol. The van der Waals surface area contributed by atoms with Gasteiger partial charge in [-0.3, -0.25) is 9.89 Å². The summed E-state index contributed by atoms with van der Waals surface area (Å²) in [5.74, 6) is 0.536. The van der Waals surface area contributed by atoms with E-state index in [0.29, 0.717) is 18.1 Å². The van der Waals surface area contributed by atoms with Gasteiger partial charge in [-0.1, -0.05) is 36.4 Å². The third kappa shape index (κ3) is 6.47. The van der Waals surface area contributed by atoms with E-state index in [2.05, 4.69) is 32.7 Å². The Hall–Kier alpha value is -2.58. The Morgan fingerprint density at radius 3 is 2.40 bits per heavy atom. The van der Waals surface area contributed by atoms with Crippen LogP contribution >= 0.6 is 0 Å². The number of rotatable bonds is 6. The largest absolute Gasteiger partial charge is 0.416 e. The highest BCUT2D eigenvalue weighted by atomic mass is 19.4. The highest BCUT2D eigenvalue weighted by Crippen LogP contribution is 2.29. The lowest BCUT2D eigenvalue weighted by Crippen LogP contribution is -2.37. The number of ether oxygens (including phenoxy) is 1. The molecule has 0 spiro atoms. The Kier molecular flexibility index (Phi) is 7.70. The molecule has 30 heavy (non-hydrogen) atoms. The van der Waals surface area contributed by atoms with Crippen LogP contribution in [0.4, 0.5) is 13.2 Å². The van der Waals surface area contributed by atoms with Crippen molar-refractivity contribution in [2.24, 2.45) is 4.99 Å². The standard InChI is InChI=1S/C22H27F3N4O/c1-26-21(27-14-17-5-4-8-20(13-17)22(23,24)25)28-15-18-6-2-3-7-19(18)16-29-9-11-30-12-10-29/h2-8,13H,9-12,14-16H2,1H3,(H2,26,27,28). The molecule has 0 unspecified atom stereocenters. The first-order chi connectivity index (χ1) is 14.5. The summed E-state index contributed by atoms with van der Waals surface area (Å²) in [7, 11) is 1.64. The minimum atomic E-state index is -4.35. The molecule has 0 saturated carbocycles. The van der Waals surface area contributed by atoms with E-state index in [9.17, 15) is 13.2 Å². The van der Waals surface area contributed by atoms with Crippen molar-refractivity contribution in [1.82, 2.24) is 15.5 Å². The molecule has 1 heterocycles. The lowest BCUT2D eigenvalue weighted by molar-refractivity contribution is -0.137. The van der Waals surface area contributed by atoms with Crippen LogP contribution in [-0.2, 0) is 30.5 Å². The van der Waals surface area contributed by atoms with Crippen LogP contribution in [0.1, 0.15) is 22.3 Å². The van der Waals surface area contributed by atoms with Gasteiger partial charge in [-0.2, -0.15) is 13.2 Å². The van der Waals surface area contributed by atoms with Crippen molar-refractivity contribution in [1.29, 1.82) is 0 Å². The molecule has 0 aromatic heterocycles. The fourth-order valence-electron chi connectivity index (χ4n) is 3.33. The molecule has 8 heteroatoms. The first-order valence-corrected chi connectivity index (χ1v) is 9.93. The molecule has 0 bridgehead atoms. The first kappa shape index (κ1) is 22.1. The number of guanidine groups is 1. The maximum Gasteiger partial charge on any atom is 0.416 e. The van der Waals surface area contributed by atoms with E-state index in [1.165, 1.54) is 11.6 Å². The Bertz CT molecular complexity index is 848. The van der Waals surface area contributed by atoms with Crippen molar-refractivity contribution in [3.05, 3.63) is 70.8 Å². The second-order valence-electron chi connectivity index (χ2n) is 7.13. The van der Waals surface area contributed by atoms with E-state index in [0.717, 1.165) is 50.5 Å². The van der Waals surface area contributed by atoms with Gasteiger partial charge in [0, 0.05) is 39.8 Å². The minimum absolute atomic E-state index is 0.249. The third-order valence-electron chi connectivity index (χ3n) is 5.00. The number of alkyl halides is 3. The van der Waals surface area contributed by atoms with Crippen molar-refractivity contribution in [2.75, 3.05) is 33.4 Å². The number of hydrogen-bond donors (Lipinski definition) is 2. The molecule has 0 aliphatic carbocycles. The van der Waals surface area contributed by atoms with Crippen LogP contribution in [-0.4, -0.2) is 44.2 Å². The molecule has 162 valence electrons. The SMILES string of the molecule is CN=C(NCc1cccc(C(F)(F)F)c1)NCc1ccccc1CN1CCOCC1. The van der Waals surface area contributed by atoms with Gasteiger partial charge in [-0.05, 0) is 28.8 Å². The Labute approximate surface area is 174 Å². The van der Waals surface area contributed by atoms with Gasteiger partial charge in [0.15, 0.2) is 5.96 Å². The second-order valence-corrected chi connectivity index (χ2v) is 7.13. The fourth-order valence-corrected chi connectivity index (χ4v) is 3.33. The molecule has 1 fully saturated rings. The predicted octanol–water partition coefficient (Wildman–Crippen LogP) is 3.40. The van der Waals surface area contributed by atoms with Gasteiger partial charge >= 0.3 is 6.18 Å². The third-order valence-corrected chi connectivity index (χ3v) is 5.00. The molecule has 0 radical (unpaired) electrons. The molecule has 1 aliphatic rings. The first-order valence-electron chi connectivity index (χ1n) is 9.93. The van der Waals surface area contributed by atoms with Crippen molar-refractivity contribution in [2.45, 2.75) is 25.8 Å². The summed E-state index contributed by atoms with van der Waals surface area (Å²) in [4.78, 5) is 6.54. The molecular weight excluding hydrogens is 393 g/mol. The maximum absolute atomic E-state index is 12.9.